The maximum absolute atomic E-state index is 12.7. The first-order valence-corrected chi connectivity index (χ1v) is 12.4. The second-order valence-corrected chi connectivity index (χ2v) is 10.2. The molecule has 0 saturated carbocycles. The van der Waals surface area contributed by atoms with Crippen LogP contribution in [0.4, 0.5) is 0 Å². The molecule has 0 spiro atoms. The summed E-state index contributed by atoms with van der Waals surface area (Å²) in [6.07, 6.45) is 1.42. The molecule has 0 fully saturated rings. The zero-order chi connectivity index (χ0) is 24.7. The van der Waals surface area contributed by atoms with Gasteiger partial charge in [0, 0.05) is 29.2 Å². The Morgan fingerprint density at radius 1 is 1.12 bits per heavy atom. The number of esters is 1. The van der Waals surface area contributed by atoms with Crippen molar-refractivity contribution in [3.05, 3.63) is 40.8 Å². The fourth-order valence-electron chi connectivity index (χ4n) is 2.56. The average molecular weight is 495 g/mol. The third-order valence-corrected chi connectivity index (χ3v) is 5.85. The Balaban J connectivity index is 2.64. The quantitative estimate of drug-likeness (QED) is 0.105. The first-order valence-electron chi connectivity index (χ1n) is 10.5. The lowest BCUT2D eigenvalue weighted by atomic mass is 10.1. The van der Waals surface area contributed by atoms with Crippen molar-refractivity contribution in [1.29, 1.82) is 0 Å². The predicted octanol–water partition coefficient (Wildman–Crippen LogP) is 4.65. The van der Waals surface area contributed by atoms with Crippen molar-refractivity contribution in [2.45, 2.75) is 69.4 Å². The molecule has 0 aliphatic rings. The molecule has 33 heavy (non-hydrogen) atoms. The molecule has 1 N–H and O–H groups in total. The van der Waals surface area contributed by atoms with E-state index in [9.17, 15) is 19.2 Å². The summed E-state index contributed by atoms with van der Waals surface area (Å²) >= 11 is 1.84. The summed E-state index contributed by atoms with van der Waals surface area (Å²) in [5.41, 5.74) is 7.62. The number of unbranched alkanes of at least 4 members (excludes halogenated alkanes) is 1. The monoisotopic (exact) mass is 494 g/mol. The first kappa shape index (κ1) is 28.5. The standard InChI is InChI=1S/C22H30N4O5S2/c1-22(2,3)31-19(28)15-32-21(30)17(25-18(27)11-7-8-14-24-26-23)12-13-20(29)33-16-9-5-4-6-10-16/h4-6,9-10,17H,7-8,11-15H2,1-3H3,(H,25,27)/t17-/m0/s1. The number of carbonyl (C=O) groups excluding carboxylic acids is 4. The molecule has 0 heterocycles. The molecular formula is C22H30N4O5S2. The van der Waals surface area contributed by atoms with Crippen LogP contribution in [-0.2, 0) is 23.9 Å². The van der Waals surface area contributed by atoms with Crippen LogP contribution < -0.4 is 5.32 Å². The molecule has 0 radical (unpaired) electrons. The highest BCUT2D eigenvalue weighted by molar-refractivity contribution is 8.14. The lowest BCUT2D eigenvalue weighted by Gasteiger charge is -2.20. The van der Waals surface area contributed by atoms with Crippen molar-refractivity contribution < 1.29 is 23.9 Å². The number of nitrogens with one attached hydrogen (secondary N) is 1. The molecule has 9 nitrogen and oxygen atoms in total. The predicted molar refractivity (Wildman–Crippen MR) is 130 cm³/mol. The summed E-state index contributed by atoms with van der Waals surface area (Å²) < 4.78 is 5.21. The maximum atomic E-state index is 12.7. The molecule has 180 valence electrons. The van der Waals surface area contributed by atoms with Crippen molar-refractivity contribution in [3.8, 4) is 0 Å². The second kappa shape index (κ2) is 15.4. The van der Waals surface area contributed by atoms with Gasteiger partial charge in [0.2, 0.25) is 11.0 Å². The van der Waals surface area contributed by atoms with E-state index in [4.69, 9.17) is 10.3 Å². The van der Waals surface area contributed by atoms with Crippen LogP contribution in [0, 0.1) is 0 Å². The van der Waals surface area contributed by atoms with Gasteiger partial charge < -0.3 is 10.1 Å². The fraction of sp³-hybridized carbons (Fsp3) is 0.545. The Morgan fingerprint density at radius 3 is 2.45 bits per heavy atom. The van der Waals surface area contributed by atoms with E-state index in [2.05, 4.69) is 15.3 Å². The molecule has 1 atom stereocenters. The second-order valence-electron chi connectivity index (χ2n) is 8.05. The zero-order valence-corrected chi connectivity index (χ0v) is 20.7. The van der Waals surface area contributed by atoms with Crippen molar-refractivity contribution in [2.75, 3.05) is 12.3 Å². The van der Waals surface area contributed by atoms with Crippen LogP contribution in [0.1, 0.15) is 52.9 Å². The first-order chi connectivity index (χ1) is 15.6. The molecule has 1 rings (SSSR count). The van der Waals surface area contributed by atoms with Crippen molar-refractivity contribution in [2.24, 2.45) is 5.11 Å². The molecule has 0 aromatic heterocycles. The Bertz CT molecular complexity index is 852. The minimum atomic E-state index is -0.901. The highest BCUT2D eigenvalue weighted by Gasteiger charge is 2.24. The van der Waals surface area contributed by atoms with Crippen molar-refractivity contribution in [3.63, 3.8) is 0 Å². The number of azide groups is 1. The summed E-state index contributed by atoms with van der Waals surface area (Å²) in [5.74, 6) is -1.04. The number of nitrogens with zero attached hydrogens (tertiary/aromatic N) is 3. The molecular weight excluding hydrogens is 464 g/mol. The summed E-state index contributed by atoms with van der Waals surface area (Å²) in [6.45, 7) is 5.50. The number of amides is 1. The molecule has 1 aromatic rings. The van der Waals surface area contributed by atoms with Crippen LogP contribution in [0.2, 0.25) is 0 Å². The lowest BCUT2D eigenvalue weighted by molar-refractivity contribution is -0.151. The van der Waals surface area contributed by atoms with Gasteiger partial charge in [0.25, 0.3) is 0 Å². The average Bonchev–Trinajstić information content (AvgIpc) is 2.74. The molecule has 0 aliphatic heterocycles. The number of rotatable bonds is 13. The number of ether oxygens (including phenoxy) is 1. The maximum Gasteiger partial charge on any atom is 0.316 e. The van der Waals surface area contributed by atoms with Gasteiger partial charge in [0.15, 0.2) is 5.12 Å². The minimum Gasteiger partial charge on any atom is -0.459 e. The Morgan fingerprint density at radius 2 is 1.82 bits per heavy atom. The highest BCUT2D eigenvalue weighted by Crippen LogP contribution is 2.22. The van der Waals surface area contributed by atoms with Gasteiger partial charge in [-0.15, -0.1) is 0 Å². The molecule has 1 aromatic carbocycles. The van der Waals surface area contributed by atoms with Gasteiger partial charge in [-0.3, -0.25) is 19.2 Å². The minimum absolute atomic E-state index is 0.0835. The summed E-state index contributed by atoms with van der Waals surface area (Å²) in [4.78, 5) is 52.7. The fourth-order valence-corrected chi connectivity index (χ4v) is 4.04. The van der Waals surface area contributed by atoms with Gasteiger partial charge in [-0.1, -0.05) is 46.8 Å². The Labute approximate surface area is 202 Å². The third kappa shape index (κ3) is 14.3. The molecule has 11 heteroatoms. The number of carbonyl (C=O) groups is 4. The third-order valence-electron chi connectivity index (χ3n) is 3.96. The summed E-state index contributed by atoms with van der Waals surface area (Å²) in [7, 11) is 0. The van der Waals surface area contributed by atoms with Crippen LogP contribution >= 0.6 is 23.5 Å². The van der Waals surface area contributed by atoms with Crippen LogP contribution in [0.5, 0.6) is 0 Å². The molecule has 1 amide bonds. The van der Waals surface area contributed by atoms with Crippen LogP contribution in [0.15, 0.2) is 40.3 Å². The van der Waals surface area contributed by atoms with E-state index in [0.717, 1.165) is 28.4 Å². The zero-order valence-electron chi connectivity index (χ0n) is 19.1. The number of thioether (sulfide) groups is 2. The Hall–Kier alpha value is -2.49. The van der Waals surface area contributed by atoms with E-state index in [1.807, 2.05) is 30.3 Å². The van der Waals surface area contributed by atoms with Crippen LogP contribution in [-0.4, -0.2) is 46.0 Å². The van der Waals surface area contributed by atoms with Gasteiger partial charge in [0.05, 0.1) is 11.8 Å². The van der Waals surface area contributed by atoms with E-state index in [1.54, 1.807) is 20.8 Å². The topological polar surface area (TPSA) is 138 Å². The van der Waals surface area contributed by atoms with Gasteiger partial charge in [-0.2, -0.15) is 0 Å². The molecule has 0 bridgehead atoms. The van der Waals surface area contributed by atoms with Gasteiger partial charge in [-0.25, -0.2) is 0 Å². The highest BCUT2D eigenvalue weighted by atomic mass is 32.2. The number of benzene rings is 1. The van der Waals surface area contributed by atoms with E-state index >= 15 is 0 Å². The van der Waals surface area contributed by atoms with E-state index in [1.165, 1.54) is 0 Å². The smallest absolute Gasteiger partial charge is 0.316 e. The van der Waals surface area contributed by atoms with E-state index in [-0.39, 0.29) is 36.0 Å². The molecule has 0 saturated heterocycles. The van der Waals surface area contributed by atoms with Crippen molar-refractivity contribution in [1.82, 2.24) is 5.32 Å². The largest absolute Gasteiger partial charge is 0.459 e. The van der Waals surface area contributed by atoms with Gasteiger partial charge in [-0.05, 0) is 57.7 Å². The normalized spacial score (nSPS) is 11.7. The van der Waals surface area contributed by atoms with Gasteiger partial charge in [0.1, 0.15) is 5.60 Å². The van der Waals surface area contributed by atoms with Crippen molar-refractivity contribution >= 4 is 45.6 Å². The molecule has 0 aliphatic carbocycles. The lowest BCUT2D eigenvalue weighted by Crippen LogP contribution is -2.40. The van der Waals surface area contributed by atoms with Gasteiger partial charge >= 0.3 is 5.97 Å². The van der Waals surface area contributed by atoms with E-state index in [0.29, 0.717) is 19.4 Å². The Kier molecular flexibility index (Phi) is 13.3. The van der Waals surface area contributed by atoms with Crippen LogP contribution in [0.25, 0.3) is 10.4 Å². The van der Waals surface area contributed by atoms with Crippen LogP contribution in [0.3, 0.4) is 0 Å². The molecule has 0 unspecified atom stereocenters. The summed E-state index contributed by atoms with van der Waals surface area (Å²) in [5, 5.41) is 5.56. The number of hydrogen-bond donors (Lipinski definition) is 1. The SMILES string of the molecule is CC(C)(C)OC(=O)CSC(=O)[C@H](CCC(=O)Sc1ccccc1)NC(=O)CCCCN=[N+]=[N-]. The van der Waals surface area contributed by atoms with E-state index < -0.39 is 22.7 Å². The summed E-state index contributed by atoms with van der Waals surface area (Å²) in [6, 6.07) is 8.25. The number of hydrogen-bond acceptors (Lipinski definition) is 8.